The molecule has 0 radical (unpaired) electrons. The Bertz CT molecular complexity index is 311. The summed E-state index contributed by atoms with van der Waals surface area (Å²) in [6.45, 7) is 0. The van der Waals surface area contributed by atoms with Gasteiger partial charge in [0.2, 0.25) is 0 Å². The van der Waals surface area contributed by atoms with Crippen LogP contribution in [-0.4, -0.2) is 39.2 Å². The Balaban J connectivity index is 2.43. The predicted octanol–water partition coefficient (Wildman–Crippen LogP) is 0.322. The topological polar surface area (TPSA) is 60.4 Å². The molecule has 1 rings (SSSR count). The average molecular weight is 224 g/mol. The van der Waals surface area contributed by atoms with Crippen LogP contribution in [0.1, 0.15) is 12.8 Å². The highest BCUT2D eigenvalue weighted by atomic mass is 32.2. The van der Waals surface area contributed by atoms with Gasteiger partial charge in [-0.2, -0.15) is 0 Å². The van der Waals surface area contributed by atoms with Crippen molar-refractivity contribution in [2.75, 3.05) is 18.6 Å². The Labute approximate surface area is 82.4 Å². The number of carbonyl (C=O) groups excluding carboxylic acids is 1. The molecule has 0 spiro atoms. The molecule has 1 fully saturated rings. The second-order valence-corrected chi connectivity index (χ2v) is 5.72. The van der Waals surface area contributed by atoms with E-state index in [-0.39, 0.29) is 23.8 Å². The zero-order valence-electron chi connectivity index (χ0n) is 7.90. The Morgan fingerprint density at radius 1 is 1.64 bits per heavy atom. The summed E-state index contributed by atoms with van der Waals surface area (Å²) in [7, 11) is -1.88. The van der Waals surface area contributed by atoms with Gasteiger partial charge in [-0.15, -0.1) is 0 Å². The van der Waals surface area contributed by atoms with Crippen molar-refractivity contribution in [3.8, 4) is 0 Å². The van der Waals surface area contributed by atoms with Crippen molar-refractivity contribution in [3.05, 3.63) is 0 Å². The van der Waals surface area contributed by atoms with E-state index < -0.39 is 22.0 Å². The quantitative estimate of drug-likeness (QED) is 0.648. The summed E-state index contributed by atoms with van der Waals surface area (Å²) in [4.78, 5) is 10.7. The SMILES string of the molecule is COC(=O)C(F)CC1CCS(=O)(=O)C1. The minimum atomic E-state index is -2.99. The Kier molecular flexibility index (Phi) is 3.47. The molecular weight excluding hydrogens is 211 g/mol. The monoisotopic (exact) mass is 224 g/mol. The van der Waals surface area contributed by atoms with Crippen LogP contribution in [0.15, 0.2) is 0 Å². The summed E-state index contributed by atoms with van der Waals surface area (Å²) in [5.41, 5.74) is 0. The van der Waals surface area contributed by atoms with Crippen LogP contribution >= 0.6 is 0 Å². The molecule has 0 aliphatic carbocycles. The van der Waals surface area contributed by atoms with Gasteiger partial charge in [-0.1, -0.05) is 0 Å². The summed E-state index contributed by atoms with van der Waals surface area (Å²) in [6, 6.07) is 0. The van der Waals surface area contributed by atoms with Gasteiger partial charge in [0.25, 0.3) is 0 Å². The first-order valence-corrected chi connectivity index (χ1v) is 6.19. The van der Waals surface area contributed by atoms with Gasteiger partial charge in [0.1, 0.15) is 0 Å². The van der Waals surface area contributed by atoms with Crippen LogP contribution in [0.3, 0.4) is 0 Å². The fourth-order valence-corrected chi connectivity index (χ4v) is 3.45. The number of ether oxygens (including phenoxy) is 1. The van der Waals surface area contributed by atoms with Crippen molar-refractivity contribution in [2.45, 2.75) is 19.0 Å². The molecule has 0 N–H and O–H groups in total. The Morgan fingerprint density at radius 3 is 2.71 bits per heavy atom. The first-order valence-electron chi connectivity index (χ1n) is 4.37. The van der Waals surface area contributed by atoms with Crippen LogP contribution in [0.25, 0.3) is 0 Å². The molecule has 0 bridgehead atoms. The molecule has 6 heteroatoms. The second kappa shape index (κ2) is 4.25. The lowest BCUT2D eigenvalue weighted by Crippen LogP contribution is -2.21. The number of rotatable bonds is 3. The third kappa shape index (κ3) is 2.94. The minimum Gasteiger partial charge on any atom is -0.467 e. The van der Waals surface area contributed by atoms with Crippen molar-refractivity contribution in [3.63, 3.8) is 0 Å². The van der Waals surface area contributed by atoms with E-state index in [1.165, 1.54) is 0 Å². The molecule has 0 aromatic carbocycles. The van der Waals surface area contributed by atoms with Gasteiger partial charge in [-0.25, -0.2) is 17.6 Å². The summed E-state index contributed by atoms with van der Waals surface area (Å²) >= 11 is 0. The number of methoxy groups -OCH3 is 1. The van der Waals surface area contributed by atoms with Crippen molar-refractivity contribution < 1.29 is 22.3 Å². The molecule has 1 saturated heterocycles. The van der Waals surface area contributed by atoms with Gasteiger partial charge in [0.15, 0.2) is 16.0 Å². The average Bonchev–Trinajstić information content (AvgIpc) is 2.44. The van der Waals surface area contributed by atoms with Crippen molar-refractivity contribution in [1.82, 2.24) is 0 Å². The van der Waals surface area contributed by atoms with E-state index in [1.807, 2.05) is 0 Å². The number of alkyl halides is 1. The standard InChI is InChI=1S/C8H13FO4S/c1-13-8(10)7(9)4-6-2-3-14(11,12)5-6/h6-7H,2-5H2,1H3. The largest absolute Gasteiger partial charge is 0.467 e. The lowest BCUT2D eigenvalue weighted by atomic mass is 10.0. The minimum absolute atomic E-state index is 0.00951. The molecule has 0 aromatic rings. The summed E-state index contributed by atoms with van der Waals surface area (Å²) in [5, 5.41) is 0. The number of sulfone groups is 1. The third-order valence-electron chi connectivity index (χ3n) is 2.32. The van der Waals surface area contributed by atoms with E-state index in [1.54, 1.807) is 0 Å². The third-order valence-corrected chi connectivity index (χ3v) is 4.16. The van der Waals surface area contributed by atoms with Crippen LogP contribution in [0.5, 0.6) is 0 Å². The summed E-state index contributed by atoms with van der Waals surface area (Å²) < 4.78 is 39.3. The van der Waals surface area contributed by atoms with Gasteiger partial charge < -0.3 is 4.74 Å². The number of halogens is 1. The highest BCUT2D eigenvalue weighted by Crippen LogP contribution is 2.24. The molecule has 0 amide bonds. The van der Waals surface area contributed by atoms with Crippen LogP contribution in [0, 0.1) is 5.92 Å². The molecule has 4 nitrogen and oxygen atoms in total. The van der Waals surface area contributed by atoms with Crippen molar-refractivity contribution in [2.24, 2.45) is 5.92 Å². The maximum Gasteiger partial charge on any atom is 0.340 e. The summed E-state index contributed by atoms with van der Waals surface area (Å²) in [5.74, 6) is -1.07. The summed E-state index contributed by atoms with van der Waals surface area (Å²) in [6.07, 6.45) is -1.30. The van der Waals surface area contributed by atoms with E-state index in [9.17, 15) is 17.6 Å². The normalized spacial score (nSPS) is 27.1. The second-order valence-electron chi connectivity index (χ2n) is 3.50. The fourth-order valence-electron chi connectivity index (χ4n) is 1.57. The molecule has 0 aromatic heterocycles. The number of esters is 1. The molecule has 1 aliphatic heterocycles. The number of carbonyl (C=O) groups is 1. The van der Waals surface area contributed by atoms with E-state index in [0.29, 0.717) is 6.42 Å². The molecular formula is C8H13FO4S. The molecule has 1 heterocycles. The molecule has 0 saturated carbocycles. The van der Waals surface area contributed by atoms with Crippen molar-refractivity contribution in [1.29, 1.82) is 0 Å². The maximum atomic E-state index is 13.0. The number of hydrogen-bond acceptors (Lipinski definition) is 4. The molecule has 2 atom stereocenters. The van der Waals surface area contributed by atoms with E-state index >= 15 is 0 Å². The van der Waals surface area contributed by atoms with E-state index in [4.69, 9.17) is 0 Å². The van der Waals surface area contributed by atoms with Crippen molar-refractivity contribution >= 4 is 15.8 Å². The van der Waals surface area contributed by atoms with Gasteiger partial charge in [0, 0.05) is 0 Å². The molecule has 82 valence electrons. The van der Waals surface area contributed by atoms with E-state index in [2.05, 4.69) is 4.74 Å². The lowest BCUT2D eigenvalue weighted by molar-refractivity contribution is -0.147. The van der Waals surface area contributed by atoms with Crippen LogP contribution in [0.2, 0.25) is 0 Å². The highest BCUT2D eigenvalue weighted by molar-refractivity contribution is 7.91. The highest BCUT2D eigenvalue weighted by Gasteiger charge is 2.32. The van der Waals surface area contributed by atoms with Crippen LogP contribution in [-0.2, 0) is 19.4 Å². The van der Waals surface area contributed by atoms with Gasteiger partial charge in [-0.05, 0) is 18.8 Å². The van der Waals surface area contributed by atoms with E-state index in [0.717, 1.165) is 7.11 Å². The number of hydrogen-bond donors (Lipinski definition) is 0. The maximum absolute atomic E-state index is 13.0. The zero-order valence-corrected chi connectivity index (χ0v) is 8.72. The molecule has 2 unspecified atom stereocenters. The molecule has 14 heavy (non-hydrogen) atoms. The van der Waals surface area contributed by atoms with Gasteiger partial charge >= 0.3 is 5.97 Å². The van der Waals surface area contributed by atoms with Gasteiger partial charge in [-0.3, -0.25) is 0 Å². The van der Waals surface area contributed by atoms with Crippen LogP contribution in [0.4, 0.5) is 4.39 Å². The lowest BCUT2D eigenvalue weighted by Gasteiger charge is -2.09. The Hall–Kier alpha value is -0.650. The first-order chi connectivity index (χ1) is 6.44. The Morgan fingerprint density at radius 2 is 2.29 bits per heavy atom. The smallest absolute Gasteiger partial charge is 0.340 e. The van der Waals surface area contributed by atoms with Gasteiger partial charge in [0.05, 0.1) is 18.6 Å². The molecule has 1 aliphatic rings. The zero-order chi connectivity index (χ0) is 10.8. The predicted molar refractivity (Wildman–Crippen MR) is 48.3 cm³/mol. The first kappa shape index (κ1) is 11.4. The fraction of sp³-hybridized carbons (Fsp3) is 0.875. The van der Waals surface area contributed by atoms with Crippen LogP contribution < -0.4 is 0 Å².